The first-order valence-corrected chi connectivity index (χ1v) is 11.1. The van der Waals surface area contributed by atoms with Gasteiger partial charge in [0.2, 0.25) is 0 Å². The SMILES string of the molecule is CCc1cc2c(nc1N1CCC(Oc3ccc4c(c3)COC4)CC1)C(CO)N(C)C2=O. The molecule has 31 heavy (non-hydrogen) atoms. The van der Waals surface area contributed by atoms with Crippen LogP contribution in [0.15, 0.2) is 24.3 Å². The highest BCUT2D eigenvalue weighted by Crippen LogP contribution is 2.35. The zero-order valence-electron chi connectivity index (χ0n) is 18.1. The fourth-order valence-electron chi connectivity index (χ4n) is 4.84. The van der Waals surface area contributed by atoms with Crippen LogP contribution in [0, 0.1) is 0 Å². The number of aromatic nitrogens is 1. The van der Waals surface area contributed by atoms with Crippen molar-refractivity contribution < 1.29 is 19.4 Å². The Kier molecular flexibility index (Phi) is 5.32. The van der Waals surface area contributed by atoms with E-state index in [1.54, 1.807) is 11.9 Å². The number of likely N-dealkylation sites (N-methyl/N-ethyl adjacent to an activating group) is 1. The number of carbonyl (C=O) groups is 1. The van der Waals surface area contributed by atoms with Crippen LogP contribution in [0.3, 0.4) is 0 Å². The van der Waals surface area contributed by atoms with Gasteiger partial charge in [-0.05, 0) is 41.3 Å². The second-order valence-corrected chi connectivity index (χ2v) is 8.60. The molecule has 1 atom stereocenters. The largest absolute Gasteiger partial charge is 0.490 e. The molecule has 0 spiro atoms. The Morgan fingerprint density at radius 1 is 1.19 bits per heavy atom. The van der Waals surface area contributed by atoms with Gasteiger partial charge in [-0.15, -0.1) is 0 Å². The molecule has 1 aromatic carbocycles. The van der Waals surface area contributed by atoms with Gasteiger partial charge in [0.25, 0.3) is 5.91 Å². The summed E-state index contributed by atoms with van der Waals surface area (Å²) in [7, 11) is 1.73. The van der Waals surface area contributed by atoms with Gasteiger partial charge in [-0.3, -0.25) is 4.79 Å². The standard InChI is InChI=1S/C24H29N3O4/c1-3-15-11-20-22(21(12-28)26(2)24(20)29)25-23(15)27-8-6-18(7-9-27)31-19-5-4-16-13-30-14-17(16)10-19/h4-5,10-11,18,21,28H,3,6-9,12-14H2,1-2H3. The lowest BCUT2D eigenvalue weighted by Crippen LogP contribution is -2.39. The molecule has 3 aliphatic rings. The summed E-state index contributed by atoms with van der Waals surface area (Å²) in [5, 5.41) is 9.79. The van der Waals surface area contributed by atoms with Crippen LogP contribution in [0.25, 0.3) is 0 Å². The van der Waals surface area contributed by atoms with Gasteiger partial charge in [0.05, 0.1) is 37.1 Å². The molecule has 1 saturated heterocycles. The van der Waals surface area contributed by atoms with Crippen molar-refractivity contribution in [2.24, 2.45) is 0 Å². The Morgan fingerprint density at radius 2 is 1.97 bits per heavy atom. The summed E-state index contributed by atoms with van der Waals surface area (Å²) in [6.45, 7) is 5.04. The van der Waals surface area contributed by atoms with E-state index in [4.69, 9.17) is 14.5 Å². The van der Waals surface area contributed by atoms with Crippen molar-refractivity contribution in [1.29, 1.82) is 0 Å². The molecule has 1 aromatic heterocycles. The number of amides is 1. The molecule has 7 heteroatoms. The van der Waals surface area contributed by atoms with Gasteiger partial charge in [-0.25, -0.2) is 4.98 Å². The molecule has 1 amide bonds. The molecule has 0 aliphatic carbocycles. The van der Waals surface area contributed by atoms with Crippen molar-refractivity contribution in [1.82, 2.24) is 9.88 Å². The van der Waals surface area contributed by atoms with Crippen LogP contribution in [0.2, 0.25) is 0 Å². The van der Waals surface area contributed by atoms with Gasteiger partial charge in [0.15, 0.2) is 0 Å². The topological polar surface area (TPSA) is 75.1 Å². The van der Waals surface area contributed by atoms with Crippen LogP contribution in [0.1, 0.15) is 58.5 Å². The molecule has 164 valence electrons. The van der Waals surface area contributed by atoms with E-state index in [-0.39, 0.29) is 24.7 Å². The number of aryl methyl sites for hydroxylation is 1. The van der Waals surface area contributed by atoms with Gasteiger partial charge < -0.3 is 24.4 Å². The Morgan fingerprint density at radius 3 is 2.71 bits per heavy atom. The fourth-order valence-corrected chi connectivity index (χ4v) is 4.84. The number of benzene rings is 1. The van der Waals surface area contributed by atoms with Gasteiger partial charge >= 0.3 is 0 Å². The van der Waals surface area contributed by atoms with Crippen LogP contribution in [-0.2, 0) is 24.4 Å². The van der Waals surface area contributed by atoms with Crippen LogP contribution in [-0.4, -0.2) is 53.7 Å². The molecule has 3 aliphatic heterocycles. The average molecular weight is 424 g/mol. The highest BCUT2D eigenvalue weighted by molar-refractivity contribution is 5.99. The maximum atomic E-state index is 12.5. The first-order valence-electron chi connectivity index (χ1n) is 11.1. The lowest BCUT2D eigenvalue weighted by atomic mass is 10.0. The fraction of sp³-hybridized carbons (Fsp3) is 0.500. The molecule has 0 saturated carbocycles. The van der Waals surface area contributed by atoms with Gasteiger partial charge in [-0.1, -0.05) is 13.0 Å². The van der Waals surface area contributed by atoms with E-state index in [9.17, 15) is 9.90 Å². The zero-order chi connectivity index (χ0) is 21.5. The Balaban J connectivity index is 1.30. The molecule has 2 aromatic rings. The molecule has 0 bridgehead atoms. The van der Waals surface area contributed by atoms with Crippen LogP contribution in [0.5, 0.6) is 5.75 Å². The predicted molar refractivity (Wildman–Crippen MR) is 116 cm³/mol. The summed E-state index contributed by atoms with van der Waals surface area (Å²) in [6, 6.07) is 7.86. The van der Waals surface area contributed by atoms with Crippen molar-refractivity contribution in [2.75, 3.05) is 31.6 Å². The van der Waals surface area contributed by atoms with Crippen LogP contribution >= 0.6 is 0 Å². The number of carbonyl (C=O) groups excluding carboxylic acids is 1. The Labute approximate surface area is 182 Å². The Bertz CT molecular complexity index is 1000. The number of ether oxygens (including phenoxy) is 2. The third-order valence-electron chi connectivity index (χ3n) is 6.73. The normalized spacial score (nSPS) is 20.9. The van der Waals surface area contributed by atoms with Crippen molar-refractivity contribution in [2.45, 2.75) is 51.5 Å². The second-order valence-electron chi connectivity index (χ2n) is 8.60. The van der Waals surface area contributed by atoms with Crippen LogP contribution in [0.4, 0.5) is 5.82 Å². The van der Waals surface area contributed by atoms with Gasteiger partial charge in [0.1, 0.15) is 17.7 Å². The van der Waals surface area contributed by atoms with E-state index >= 15 is 0 Å². The number of rotatable bonds is 5. The number of pyridine rings is 1. The molecular formula is C24H29N3O4. The first kappa shape index (κ1) is 20.3. The highest BCUT2D eigenvalue weighted by Gasteiger charge is 2.37. The van der Waals surface area contributed by atoms with E-state index in [1.807, 2.05) is 12.1 Å². The lowest BCUT2D eigenvalue weighted by Gasteiger charge is -2.34. The van der Waals surface area contributed by atoms with Gasteiger partial charge in [0, 0.05) is 33.0 Å². The number of nitrogens with zero attached hydrogens (tertiary/aromatic N) is 3. The second kappa shape index (κ2) is 8.13. The molecule has 5 rings (SSSR count). The molecular weight excluding hydrogens is 394 g/mol. The molecule has 7 nitrogen and oxygen atoms in total. The molecule has 0 radical (unpaired) electrons. The van der Waals surface area contributed by atoms with E-state index in [0.717, 1.165) is 49.5 Å². The van der Waals surface area contributed by atoms with Crippen molar-refractivity contribution in [3.05, 3.63) is 52.2 Å². The first-order chi connectivity index (χ1) is 15.1. The highest BCUT2D eigenvalue weighted by atomic mass is 16.5. The average Bonchev–Trinajstić information content (AvgIpc) is 3.35. The monoisotopic (exact) mass is 423 g/mol. The summed E-state index contributed by atoms with van der Waals surface area (Å²) in [4.78, 5) is 21.3. The molecule has 1 N–H and O–H groups in total. The smallest absolute Gasteiger partial charge is 0.256 e. The third kappa shape index (κ3) is 3.55. The van der Waals surface area contributed by atoms with E-state index < -0.39 is 0 Å². The number of anilines is 1. The minimum absolute atomic E-state index is 0.0605. The summed E-state index contributed by atoms with van der Waals surface area (Å²) in [5.74, 6) is 1.80. The number of aliphatic hydroxyl groups excluding tert-OH is 1. The summed E-state index contributed by atoms with van der Waals surface area (Å²) in [5.41, 5.74) is 4.88. The van der Waals surface area contributed by atoms with E-state index in [0.29, 0.717) is 24.5 Å². The number of piperidine rings is 1. The number of hydrogen-bond donors (Lipinski definition) is 1. The number of hydrogen-bond acceptors (Lipinski definition) is 6. The lowest BCUT2D eigenvalue weighted by molar-refractivity contribution is 0.0715. The molecule has 1 fully saturated rings. The quantitative estimate of drug-likeness (QED) is 0.797. The summed E-state index contributed by atoms with van der Waals surface area (Å²) < 4.78 is 11.8. The summed E-state index contributed by atoms with van der Waals surface area (Å²) in [6.07, 6.45) is 2.81. The minimum atomic E-state index is -0.364. The minimum Gasteiger partial charge on any atom is -0.490 e. The van der Waals surface area contributed by atoms with Crippen molar-refractivity contribution in [3.8, 4) is 5.75 Å². The number of fused-ring (bicyclic) bond motifs is 2. The summed E-state index contributed by atoms with van der Waals surface area (Å²) >= 11 is 0. The van der Waals surface area contributed by atoms with Crippen molar-refractivity contribution in [3.63, 3.8) is 0 Å². The molecule has 4 heterocycles. The molecule has 1 unspecified atom stereocenters. The van der Waals surface area contributed by atoms with Gasteiger partial charge in [-0.2, -0.15) is 0 Å². The Hall–Kier alpha value is -2.64. The zero-order valence-corrected chi connectivity index (χ0v) is 18.1. The third-order valence-corrected chi connectivity index (χ3v) is 6.73. The van der Waals surface area contributed by atoms with E-state index in [2.05, 4.69) is 24.0 Å². The maximum Gasteiger partial charge on any atom is 0.256 e. The predicted octanol–water partition coefficient (Wildman–Crippen LogP) is 2.84. The maximum absolute atomic E-state index is 12.5. The van der Waals surface area contributed by atoms with Crippen molar-refractivity contribution >= 4 is 11.7 Å². The van der Waals surface area contributed by atoms with Crippen LogP contribution < -0.4 is 9.64 Å². The van der Waals surface area contributed by atoms with E-state index in [1.165, 1.54) is 11.1 Å². The number of aliphatic hydroxyl groups is 1.